The van der Waals surface area contributed by atoms with E-state index >= 15 is 0 Å². The van der Waals surface area contributed by atoms with Crippen molar-refractivity contribution in [3.63, 3.8) is 0 Å². The molecular weight excluding hydrogens is 263 g/mol. The second-order valence-corrected chi connectivity index (χ2v) is 6.74. The van der Waals surface area contributed by atoms with Gasteiger partial charge in [0.15, 0.2) is 0 Å². The highest BCUT2D eigenvalue weighted by atomic mass is 19.1. The van der Waals surface area contributed by atoms with Gasteiger partial charge in [-0.1, -0.05) is 25.0 Å². The Bertz CT molecular complexity index is 488. The fourth-order valence-electron chi connectivity index (χ4n) is 4.47. The molecule has 0 amide bonds. The van der Waals surface area contributed by atoms with Gasteiger partial charge in [0.2, 0.25) is 0 Å². The molecule has 1 heterocycles. The van der Waals surface area contributed by atoms with E-state index in [-0.39, 0.29) is 17.4 Å². The highest BCUT2D eigenvalue weighted by Crippen LogP contribution is 2.45. The Kier molecular flexibility index (Phi) is 4.32. The number of halogens is 1. The standard InChI is InChI=1S/C18H27FN2/c1-14-7-8-15(13-16(14)19)17(20-2)18(9-3-4-10-18)21-11-5-6-12-21/h7-8,13,17,20H,3-6,9-12H2,1-2H3. The van der Waals surface area contributed by atoms with Crippen LogP contribution in [0.15, 0.2) is 18.2 Å². The van der Waals surface area contributed by atoms with Gasteiger partial charge < -0.3 is 5.32 Å². The molecular formula is C18H27FN2. The Hall–Kier alpha value is -0.930. The Morgan fingerprint density at radius 3 is 2.38 bits per heavy atom. The number of likely N-dealkylation sites (N-methyl/N-ethyl adjacent to an activating group) is 1. The van der Waals surface area contributed by atoms with E-state index in [0.29, 0.717) is 0 Å². The molecule has 21 heavy (non-hydrogen) atoms. The zero-order valence-corrected chi connectivity index (χ0v) is 13.3. The molecule has 1 N–H and O–H groups in total. The minimum Gasteiger partial charge on any atom is -0.311 e. The molecule has 0 bridgehead atoms. The summed E-state index contributed by atoms with van der Waals surface area (Å²) >= 11 is 0. The van der Waals surface area contributed by atoms with Crippen molar-refractivity contribution in [1.29, 1.82) is 0 Å². The Morgan fingerprint density at radius 1 is 1.14 bits per heavy atom. The monoisotopic (exact) mass is 290 g/mol. The summed E-state index contributed by atoms with van der Waals surface area (Å²) in [5, 5.41) is 3.52. The molecule has 1 aliphatic heterocycles. The Balaban J connectivity index is 1.96. The highest BCUT2D eigenvalue weighted by Gasteiger charge is 2.46. The minimum atomic E-state index is -0.0812. The van der Waals surface area contributed by atoms with Crippen LogP contribution in [0.3, 0.4) is 0 Å². The molecule has 2 aliphatic rings. The number of hydrogen-bond donors (Lipinski definition) is 1. The van der Waals surface area contributed by atoms with Gasteiger partial charge in [-0.05, 0) is 69.9 Å². The third-order valence-electron chi connectivity index (χ3n) is 5.56. The lowest BCUT2D eigenvalue weighted by Crippen LogP contribution is -2.53. The van der Waals surface area contributed by atoms with E-state index in [1.165, 1.54) is 51.6 Å². The largest absolute Gasteiger partial charge is 0.311 e. The van der Waals surface area contributed by atoms with Crippen molar-refractivity contribution in [2.45, 2.75) is 57.0 Å². The van der Waals surface area contributed by atoms with Crippen LogP contribution in [0.2, 0.25) is 0 Å². The average molecular weight is 290 g/mol. The van der Waals surface area contributed by atoms with Gasteiger partial charge in [0.05, 0.1) is 6.04 Å². The van der Waals surface area contributed by atoms with Crippen molar-refractivity contribution in [2.24, 2.45) is 0 Å². The van der Waals surface area contributed by atoms with E-state index in [9.17, 15) is 4.39 Å². The van der Waals surface area contributed by atoms with Crippen LogP contribution in [0.5, 0.6) is 0 Å². The molecule has 2 nitrogen and oxygen atoms in total. The molecule has 3 rings (SSSR count). The zero-order valence-electron chi connectivity index (χ0n) is 13.3. The lowest BCUT2D eigenvalue weighted by atomic mass is 9.82. The average Bonchev–Trinajstić information content (AvgIpc) is 3.15. The number of nitrogens with one attached hydrogen (secondary N) is 1. The molecule has 116 valence electrons. The lowest BCUT2D eigenvalue weighted by molar-refractivity contribution is 0.0795. The first-order valence-electron chi connectivity index (χ1n) is 8.36. The summed E-state index contributed by atoms with van der Waals surface area (Å²) in [5.74, 6) is -0.0812. The fraction of sp³-hybridized carbons (Fsp3) is 0.667. The van der Waals surface area contributed by atoms with Crippen LogP contribution < -0.4 is 5.32 Å². The SMILES string of the molecule is CNC(c1ccc(C)c(F)c1)C1(N2CCCC2)CCCC1. The van der Waals surface area contributed by atoms with Crippen LogP contribution in [-0.2, 0) is 0 Å². The van der Waals surface area contributed by atoms with Gasteiger partial charge in [-0.15, -0.1) is 0 Å². The summed E-state index contributed by atoms with van der Waals surface area (Å²) in [6, 6.07) is 6.00. The molecule has 1 aromatic rings. The lowest BCUT2D eigenvalue weighted by Gasteiger charge is -2.45. The summed E-state index contributed by atoms with van der Waals surface area (Å²) in [7, 11) is 2.03. The van der Waals surface area contributed by atoms with Crippen LogP contribution >= 0.6 is 0 Å². The number of rotatable bonds is 4. The maximum absolute atomic E-state index is 14.0. The Morgan fingerprint density at radius 2 is 1.81 bits per heavy atom. The van der Waals surface area contributed by atoms with Gasteiger partial charge in [0.25, 0.3) is 0 Å². The van der Waals surface area contributed by atoms with Crippen LogP contribution in [-0.4, -0.2) is 30.6 Å². The summed E-state index contributed by atoms with van der Waals surface area (Å²) in [6.07, 6.45) is 7.66. The first kappa shape index (κ1) is 15.0. The fourth-order valence-corrected chi connectivity index (χ4v) is 4.47. The number of hydrogen-bond acceptors (Lipinski definition) is 2. The highest BCUT2D eigenvalue weighted by molar-refractivity contribution is 5.29. The predicted octanol–water partition coefficient (Wildman–Crippen LogP) is 3.80. The molecule has 0 spiro atoms. The first-order chi connectivity index (χ1) is 10.2. The summed E-state index contributed by atoms with van der Waals surface area (Å²) < 4.78 is 14.0. The van der Waals surface area contributed by atoms with Crippen LogP contribution in [0.25, 0.3) is 0 Å². The summed E-state index contributed by atoms with van der Waals surface area (Å²) in [6.45, 7) is 4.23. The minimum absolute atomic E-state index is 0.0812. The normalized spacial score (nSPS) is 23.6. The second kappa shape index (κ2) is 6.05. The van der Waals surface area contributed by atoms with Crippen molar-refractivity contribution in [2.75, 3.05) is 20.1 Å². The quantitative estimate of drug-likeness (QED) is 0.907. The maximum atomic E-state index is 14.0. The predicted molar refractivity (Wildman–Crippen MR) is 84.9 cm³/mol. The van der Waals surface area contributed by atoms with Crippen LogP contribution in [0.1, 0.15) is 55.7 Å². The van der Waals surface area contributed by atoms with Gasteiger partial charge in [-0.3, -0.25) is 4.90 Å². The topological polar surface area (TPSA) is 15.3 Å². The van der Waals surface area contributed by atoms with Gasteiger partial charge >= 0.3 is 0 Å². The number of likely N-dealkylation sites (tertiary alicyclic amines) is 1. The molecule has 2 fully saturated rings. The van der Waals surface area contributed by atoms with Crippen molar-refractivity contribution in [3.05, 3.63) is 35.1 Å². The maximum Gasteiger partial charge on any atom is 0.126 e. The molecule has 1 aromatic carbocycles. The molecule has 1 atom stereocenters. The zero-order chi connectivity index (χ0) is 14.9. The summed E-state index contributed by atoms with van der Waals surface area (Å²) in [4.78, 5) is 2.68. The van der Waals surface area contributed by atoms with E-state index in [4.69, 9.17) is 0 Å². The van der Waals surface area contributed by atoms with Gasteiger partial charge in [-0.25, -0.2) is 4.39 Å². The van der Waals surface area contributed by atoms with Crippen molar-refractivity contribution in [3.8, 4) is 0 Å². The number of aryl methyl sites for hydroxylation is 1. The van der Waals surface area contributed by atoms with E-state index in [1.54, 1.807) is 6.07 Å². The number of nitrogens with zero attached hydrogens (tertiary/aromatic N) is 1. The third kappa shape index (κ3) is 2.62. The van der Waals surface area contributed by atoms with Gasteiger partial charge in [0, 0.05) is 5.54 Å². The van der Waals surface area contributed by atoms with E-state index in [1.807, 2.05) is 20.0 Å². The van der Waals surface area contributed by atoms with E-state index in [0.717, 1.165) is 11.1 Å². The second-order valence-electron chi connectivity index (χ2n) is 6.74. The van der Waals surface area contributed by atoms with Gasteiger partial charge in [0.1, 0.15) is 5.82 Å². The molecule has 0 radical (unpaired) electrons. The molecule has 1 unspecified atom stereocenters. The smallest absolute Gasteiger partial charge is 0.126 e. The summed E-state index contributed by atoms with van der Waals surface area (Å²) in [5.41, 5.74) is 2.03. The van der Waals surface area contributed by atoms with Gasteiger partial charge in [-0.2, -0.15) is 0 Å². The van der Waals surface area contributed by atoms with Crippen LogP contribution in [0, 0.1) is 12.7 Å². The van der Waals surface area contributed by atoms with Crippen molar-refractivity contribution in [1.82, 2.24) is 10.2 Å². The first-order valence-corrected chi connectivity index (χ1v) is 8.36. The van der Waals surface area contributed by atoms with Crippen LogP contribution in [0.4, 0.5) is 4.39 Å². The van der Waals surface area contributed by atoms with E-state index in [2.05, 4.69) is 16.3 Å². The van der Waals surface area contributed by atoms with E-state index < -0.39 is 0 Å². The molecule has 1 aliphatic carbocycles. The Labute approximate surface area is 127 Å². The molecule has 1 saturated carbocycles. The number of benzene rings is 1. The van der Waals surface area contributed by atoms with Crippen molar-refractivity contribution >= 4 is 0 Å². The molecule has 0 aromatic heterocycles. The molecule has 3 heteroatoms. The third-order valence-corrected chi connectivity index (χ3v) is 5.56. The van der Waals surface area contributed by atoms with Crippen molar-refractivity contribution < 1.29 is 4.39 Å². The molecule has 1 saturated heterocycles.